The summed E-state index contributed by atoms with van der Waals surface area (Å²) in [6.07, 6.45) is 0.827. The minimum absolute atomic E-state index is 0.334. The smallest absolute Gasteiger partial charge is 0.266 e. The number of halogens is 2. The summed E-state index contributed by atoms with van der Waals surface area (Å²) in [4.78, 5) is 12.2. The van der Waals surface area contributed by atoms with Gasteiger partial charge in [0.15, 0.2) is 16.9 Å². The average Bonchev–Trinajstić information content (AvgIpc) is 3.20. The number of nitrogens with one attached hydrogen (secondary N) is 1. The quantitative estimate of drug-likeness (QED) is 0.641. The van der Waals surface area contributed by atoms with Gasteiger partial charge in [-0.15, -0.1) is 10.2 Å². The first-order valence-corrected chi connectivity index (χ1v) is 8.81. The zero-order valence-corrected chi connectivity index (χ0v) is 15.5. The van der Waals surface area contributed by atoms with E-state index in [1.165, 1.54) is 11.3 Å². The molecule has 0 saturated carbocycles. The zero-order chi connectivity index (χ0) is 17.1. The van der Waals surface area contributed by atoms with E-state index in [0.29, 0.717) is 31.1 Å². The van der Waals surface area contributed by atoms with Crippen LogP contribution in [0.1, 0.15) is 6.92 Å². The first-order valence-electron chi connectivity index (χ1n) is 6.83. The summed E-state index contributed by atoms with van der Waals surface area (Å²) in [6, 6.07) is 8.61. The van der Waals surface area contributed by atoms with Crippen molar-refractivity contribution in [3.8, 4) is 16.5 Å². The van der Waals surface area contributed by atoms with E-state index < -0.39 is 6.10 Å². The first kappa shape index (κ1) is 16.9. The van der Waals surface area contributed by atoms with Crippen molar-refractivity contribution in [2.24, 2.45) is 0 Å². The number of amides is 1. The van der Waals surface area contributed by atoms with Gasteiger partial charge >= 0.3 is 0 Å². The van der Waals surface area contributed by atoms with Crippen LogP contribution in [0.5, 0.6) is 5.75 Å². The third kappa shape index (κ3) is 3.95. The molecule has 0 aliphatic heterocycles. The first-order chi connectivity index (χ1) is 11.5. The van der Waals surface area contributed by atoms with Crippen LogP contribution in [0.25, 0.3) is 10.8 Å². The van der Waals surface area contributed by atoms with E-state index in [4.69, 9.17) is 20.8 Å². The van der Waals surface area contributed by atoms with Gasteiger partial charge in [0.1, 0.15) is 5.75 Å². The lowest BCUT2D eigenvalue weighted by Gasteiger charge is -2.14. The summed E-state index contributed by atoms with van der Waals surface area (Å²) in [6.45, 7) is 1.64. The van der Waals surface area contributed by atoms with Crippen molar-refractivity contribution >= 4 is 49.9 Å². The Hall–Kier alpha value is -1.90. The number of hydrogen-bond donors (Lipinski definition) is 1. The van der Waals surface area contributed by atoms with Gasteiger partial charge in [-0.2, -0.15) is 0 Å². The van der Waals surface area contributed by atoms with Crippen LogP contribution in [0.15, 0.2) is 45.5 Å². The second-order valence-corrected chi connectivity index (χ2v) is 6.98. The molecule has 0 unspecified atom stereocenters. The SMILES string of the molecule is C[C@H](Oc1ccc(Cl)cc1Br)C(=O)Nc1nnc(-c2ccco2)s1. The van der Waals surface area contributed by atoms with Crippen molar-refractivity contribution in [3.05, 3.63) is 46.1 Å². The maximum atomic E-state index is 12.2. The number of furan rings is 1. The van der Waals surface area contributed by atoms with Gasteiger partial charge in [0.2, 0.25) is 5.13 Å². The molecule has 1 aromatic carbocycles. The number of benzene rings is 1. The number of carbonyl (C=O) groups is 1. The molecule has 24 heavy (non-hydrogen) atoms. The van der Waals surface area contributed by atoms with Crippen LogP contribution in [0.2, 0.25) is 5.02 Å². The Balaban J connectivity index is 1.64. The highest BCUT2D eigenvalue weighted by Gasteiger charge is 2.19. The fraction of sp³-hybridized carbons (Fsp3) is 0.133. The van der Waals surface area contributed by atoms with Crippen LogP contribution in [-0.2, 0) is 4.79 Å². The lowest BCUT2D eigenvalue weighted by atomic mass is 10.3. The van der Waals surface area contributed by atoms with Gasteiger partial charge in [-0.1, -0.05) is 22.9 Å². The van der Waals surface area contributed by atoms with Crippen LogP contribution in [-0.4, -0.2) is 22.2 Å². The summed E-state index contributed by atoms with van der Waals surface area (Å²) in [7, 11) is 0. The molecule has 0 radical (unpaired) electrons. The molecular formula is C15H11BrClN3O3S. The molecule has 1 amide bonds. The minimum Gasteiger partial charge on any atom is -0.480 e. The molecular weight excluding hydrogens is 418 g/mol. The van der Waals surface area contributed by atoms with Crippen molar-refractivity contribution in [2.75, 3.05) is 5.32 Å². The summed E-state index contributed by atoms with van der Waals surface area (Å²) < 4.78 is 11.5. The van der Waals surface area contributed by atoms with Crippen LogP contribution < -0.4 is 10.1 Å². The van der Waals surface area contributed by atoms with Crippen molar-refractivity contribution in [2.45, 2.75) is 13.0 Å². The van der Waals surface area contributed by atoms with Crippen molar-refractivity contribution < 1.29 is 13.9 Å². The molecule has 2 heterocycles. The molecule has 3 rings (SSSR count). The Morgan fingerprint density at radius 2 is 2.25 bits per heavy atom. The Morgan fingerprint density at radius 1 is 1.42 bits per heavy atom. The van der Waals surface area contributed by atoms with Crippen molar-refractivity contribution in [1.29, 1.82) is 0 Å². The molecule has 0 aliphatic carbocycles. The molecule has 0 saturated heterocycles. The summed E-state index contributed by atoms with van der Waals surface area (Å²) in [5.74, 6) is 0.789. The fourth-order valence-electron chi connectivity index (χ4n) is 1.80. The number of nitrogens with zero attached hydrogens (tertiary/aromatic N) is 2. The molecule has 2 aromatic heterocycles. The summed E-state index contributed by atoms with van der Waals surface area (Å²) >= 11 is 10.4. The van der Waals surface area contributed by atoms with E-state index in [2.05, 4.69) is 31.4 Å². The molecule has 1 atom stereocenters. The Morgan fingerprint density at radius 3 is 2.96 bits per heavy atom. The second-order valence-electron chi connectivity index (χ2n) is 4.71. The van der Waals surface area contributed by atoms with Crippen LogP contribution in [0.4, 0.5) is 5.13 Å². The highest BCUT2D eigenvalue weighted by Crippen LogP contribution is 2.29. The molecule has 0 spiro atoms. The molecule has 9 heteroatoms. The zero-order valence-electron chi connectivity index (χ0n) is 12.3. The molecule has 3 aromatic rings. The number of ether oxygens (including phenoxy) is 1. The topological polar surface area (TPSA) is 77.2 Å². The van der Waals surface area contributed by atoms with E-state index in [0.717, 1.165) is 0 Å². The third-order valence-corrected chi connectivity index (χ3v) is 4.66. The number of anilines is 1. The molecule has 0 bridgehead atoms. The van der Waals surface area contributed by atoms with Gasteiger partial charge in [0.25, 0.3) is 5.91 Å². The van der Waals surface area contributed by atoms with Crippen LogP contribution in [0.3, 0.4) is 0 Å². The van der Waals surface area contributed by atoms with E-state index in [1.807, 2.05) is 0 Å². The normalized spacial score (nSPS) is 12.0. The maximum Gasteiger partial charge on any atom is 0.266 e. The van der Waals surface area contributed by atoms with Gasteiger partial charge in [-0.05, 0) is 53.2 Å². The monoisotopic (exact) mass is 427 g/mol. The second kappa shape index (κ2) is 7.33. The standard InChI is InChI=1S/C15H11BrClN3O3S/c1-8(23-11-5-4-9(17)7-10(11)16)13(21)18-15-20-19-14(24-15)12-3-2-6-22-12/h2-8H,1H3,(H,18,20,21)/t8-/m0/s1. The highest BCUT2D eigenvalue weighted by molar-refractivity contribution is 9.10. The predicted molar refractivity (Wildman–Crippen MR) is 95.5 cm³/mol. The molecule has 6 nitrogen and oxygen atoms in total. The fourth-order valence-corrected chi connectivity index (χ4v) is 3.29. The third-order valence-electron chi connectivity index (χ3n) is 2.95. The van der Waals surface area contributed by atoms with Crippen molar-refractivity contribution in [3.63, 3.8) is 0 Å². The maximum absolute atomic E-state index is 12.2. The predicted octanol–water partition coefficient (Wildman–Crippen LogP) is 4.62. The van der Waals surface area contributed by atoms with Crippen molar-refractivity contribution in [1.82, 2.24) is 10.2 Å². The van der Waals surface area contributed by atoms with E-state index >= 15 is 0 Å². The number of hydrogen-bond acceptors (Lipinski definition) is 6. The average molecular weight is 429 g/mol. The number of rotatable bonds is 5. The van der Waals surface area contributed by atoms with Gasteiger partial charge in [0, 0.05) is 5.02 Å². The molecule has 124 valence electrons. The lowest BCUT2D eigenvalue weighted by Crippen LogP contribution is -2.30. The van der Waals surface area contributed by atoms with Gasteiger partial charge < -0.3 is 9.15 Å². The summed E-state index contributed by atoms with van der Waals surface area (Å²) in [5.41, 5.74) is 0. The van der Waals surface area contributed by atoms with Crippen LogP contribution in [0, 0.1) is 0 Å². The van der Waals surface area contributed by atoms with Gasteiger partial charge in [-0.25, -0.2) is 0 Å². The van der Waals surface area contributed by atoms with E-state index in [-0.39, 0.29) is 5.91 Å². The van der Waals surface area contributed by atoms with E-state index in [9.17, 15) is 4.79 Å². The van der Waals surface area contributed by atoms with Gasteiger partial charge in [0.05, 0.1) is 10.7 Å². The number of aromatic nitrogens is 2. The Labute approximate surface area is 154 Å². The van der Waals surface area contributed by atoms with Crippen LogP contribution >= 0.6 is 38.9 Å². The molecule has 0 aliphatic rings. The minimum atomic E-state index is -0.724. The Kier molecular flexibility index (Phi) is 5.17. The Bertz CT molecular complexity index is 854. The van der Waals surface area contributed by atoms with Gasteiger partial charge in [-0.3, -0.25) is 10.1 Å². The number of carbonyl (C=O) groups excluding carboxylic acids is 1. The van der Waals surface area contributed by atoms with E-state index in [1.54, 1.807) is 43.5 Å². The highest BCUT2D eigenvalue weighted by atomic mass is 79.9. The molecule has 0 fully saturated rings. The largest absolute Gasteiger partial charge is 0.480 e. The summed E-state index contributed by atoms with van der Waals surface area (Å²) in [5, 5.41) is 12.1. The molecule has 1 N–H and O–H groups in total. The lowest BCUT2D eigenvalue weighted by molar-refractivity contribution is -0.122.